The molecule has 0 spiro atoms. The van der Waals surface area contributed by atoms with Crippen molar-refractivity contribution in [2.45, 2.75) is 25.4 Å². The highest BCUT2D eigenvalue weighted by atomic mass is 32.2. The van der Waals surface area contributed by atoms with Crippen LogP contribution in [-0.2, 0) is 25.8 Å². The molecule has 2 atom stereocenters. The van der Waals surface area contributed by atoms with Crippen molar-refractivity contribution in [3.8, 4) is 0 Å². The third-order valence-corrected chi connectivity index (χ3v) is 6.18. The average Bonchev–Trinajstić information content (AvgIpc) is 2.81. The van der Waals surface area contributed by atoms with E-state index in [1.807, 2.05) is 6.07 Å². The molecule has 0 aromatic carbocycles. The van der Waals surface area contributed by atoms with E-state index in [-0.39, 0.29) is 29.7 Å². The zero-order valence-corrected chi connectivity index (χ0v) is 13.7. The fourth-order valence-electron chi connectivity index (χ4n) is 3.43. The van der Waals surface area contributed by atoms with Crippen LogP contribution in [0.15, 0.2) is 24.5 Å². The smallest absolute Gasteiger partial charge is 0.227 e. The SMILES string of the molecule is CC(=O)N1CCN(C(=O)Cc2cccnc2)[C@H]2CS(=O)(=O)C[C@H]21. The molecule has 2 saturated heterocycles. The van der Waals surface area contributed by atoms with Crippen molar-refractivity contribution in [2.24, 2.45) is 0 Å². The van der Waals surface area contributed by atoms with Gasteiger partial charge in [-0.25, -0.2) is 8.42 Å². The van der Waals surface area contributed by atoms with Gasteiger partial charge in [-0.2, -0.15) is 0 Å². The van der Waals surface area contributed by atoms with Gasteiger partial charge in [-0.3, -0.25) is 14.6 Å². The first-order valence-corrected chi connectivity index (χ1v) is 9.35. The van der Waals surface area contributed by atoms with Gasteiger partial charge in [0.1, 0.15) is 0 Å². The Morgan fingerprint density at radius 2 is 1.87 bits per heavy atom. The lowest BCUT2D eigenvalue weighted by atomic mass is 10.0. The molecule has 0 bridgehead atoms. The molecule has 0 aliphatic carbocycles. The summed E-state index contributed by atoms with van der Waals surface area (Å²) in [6.07, 6.45) is 3.46. The van der Waals surface area contributed by atoms with E-state index in [2.05, 4.69) is 4.98 Å². The minimum atomic E-state index is -3.23. The summed E-state index contributed by atoms with van der Waals surface area (Å²) in [5.41, 5.74) is 0.795. The third-order valence-electron chi connectivity index (χ3n) is 4.48. The first-order valence-electron chi connectivity index (χ1n) is 7.53. The molecule has 2 fully saturated rings. The molecule has 2 aliphatic rings. The van der Waals surface area contributed by atoms with Crippen molar-refractivity contribution in [1.82, 2.24) is 14.8 Å². The lowest BCUT2D eigenvalue weighted by Gasteiger charge is -2.43. The Kier molecular flexibility index (Phi) is 4.09. The van der Waals surface area contributed by atoms with E-state index in [1.54, 1.807) is 28.3 Å². The van der Waals surface area contributed by atoms with E-state index in [4.69, 9.17) is 0 Å². The van der Waals surface area contributed by atoms with Crippen molar-refractivity contribution < 1.29 is 18.0 Å². The van der Waals surface area contributed by atoms with Crippen LogP contribution in [0.25, 0.3) is 0 Å². The van der Waals surface area contributed by atoms with Gasteiger partial charge in [0.15, 0.2) is 9.84 Å². The molecular formula is C15H19N3O4S. The second-order valence-corrected chi connectivity index (χ2v) is 8.20. The molecule has 0 saturated carbocycles. The summed E-state index contributed by atoms with van der Waals surface area (Å²) in [5, 5.41) is 0. The topological polar surface area (TPSA) is 87.7 Å². The number of carbonyl (C=O) groups excluding carboxylic acids is 2. The lowest BCUT2D eigenvalue weighted by molar-refractivity contribution is -0.143. The fraction of sp³-hybridized carbons (Fsp3) is 0.533. The molecule has 3 rings (SSSR count). The van der Waals surface area contributed by atoms with Crippen molar-refractivity contribution in [3.63, 3.8) is 0 Å². The summed E-state index contributed by atoms with van der Waals surface area (Å²) in [7, 11) is -3.23. The number of hydrogen-bond acceptors (Lipinski definition) is 5. The lowest BCUT2D eigenvalue weighted by Crippen LogP contribution is -2.61. The predicted octanol–water partition coefficient (Wildman–Crippen LogP) is -0.520. The highest BCUT2D eigenvalue weighted by Crippen LogP contribution is 2.27. The molecule has 3 heterocycles. The van der Waals surface area contributed by atoms with E-state index in [1.165, 1.54) is 6.92 Å². The van der Waals surface area contributed by atoms with E-state index in [0.717, 1.165) is 5.56 Å². The van der Waals surface area contributed by atoms with Crippen LogP contribution in [0.2, 0.25) is 0 Å². The number of nitrogens with zero attached hydrogens (tertiary/aromatic N) is 3. The Morgan fingerprint density at radius 1 is 1.22 bits per heavy atom. The monoisotopic (exact) mass is 337 g/mol. The Hall–Kier alpha value is -1.96. The molecule has 2 aliphatic heterocycles. The number of fused-ring (bicyclic) bond motifs is 1. The molecule has 8 heteroatoms. The van der Waals surface area contributed by atoms with Gasteiger partial charge < -0.3 is 9.80 Å². The van der Waals surface area contributed by atoms with E-state index in [0.29, 0.717) is 13.1 Å². The highest BCUT2D eigenvalue weighted by Gasteiger charge is 2.48. The van der Waals surface area contributed by atoms with E-state index in [9.17, 15) is 18.0 Å². The Bertz CT molecular complexity index is 719. The van der Waals surface area contributed by atoms with Crippen LogP contribution in [0.4, 0.5) is 0 Å². The average molecular weight is 337 g/mol. The van der Waals surface area contributed by atoms with Gasteiger partial charge in [0, 0.05) is 32.4 Å². The minimum absolute atomic E-state index is 0.0616. The van der Waals surface area contributed by atoms with Gasteiger partial charge in [0.2, 0.25) is 11.8 Å². The quantitative estimate of drug-likeness (QED) is 0.725. The summed E-state index contributed by atoms with van der Waals surface area (Å²) in [6.45, 7) is 2.19. The Labute approximate surface area is 135 Å². The van der Waals surface area contributed by atoms with Crippen LogP contribution < -0.4 is 0 Å². The first-order chi connectivity index (χ1) is 10.9. The molecular weight excluding hydrogens is 318 g/mol. The van der Waals surface area contributed by atoms with Gasteiger partial charge in [0.25, 0.3) is 0 Å². The number of hydrogen-bond donors (Lipinski definition) is 0. The number of amides is 2. The van der Waals surface area contributed by atoms with Gasteiger partial charge in [-0.1, -0.05) is 6.07 Å². The van der Waals surface area contributed by atoms with Crippen molar-refractivity contribution >= 4 is 21.7 Å². The maximum absolute atomic E-state index is 12.6. The molecule has 7 nitrogen and oxygen atoms in total. The summed E-state index contributed by atoms with van der Waals surface area (Å²) in [6, 6.07) is 2.71. The van der Waals surface area contributed by atoms with Gasteiger partial charge >= 0.3 is 0 Å². The molecule has 0 unspecified atom stereocenters. The number of carbonyl (C=O) groups is 2. The van der Waals surface area contributed by atoms with Crippen molar-refractivity contribution in [2.75, 3.05) is 24.6 Å². The minimum Gasteiger partial charge on any atom is -0.335 e. The molecule has 124 valence electrons. The van der Waals surface area contributed by atoms with Gasteiger partial charge in [-0.15, -0.1) is 0 Å². The van der Waals surface area contributed by atoms with Crippen LogP contribution >= 0.6 is 0 Å². The molecule has 1 aromatic rings. The standard InChI is InChI=1S/C15H19N3O4S/c1-11(19)17-5-6-18(14-10-23(21,22)9-13(14)17)15(20)7-12-3-2-4-16-8-12/h2-4,8,13-14H,5-7,9-10H2,1H3/t13-,14+/m1/s1. The van der Waals surface area contributed by atoms with Crippen molar-refractivity contribution in [1.29, 1.82) is 0 Å². The van der Waals surface area contributed by atoms with Crippen LogP contribution in [0.3, 0.4) is 0 Å². The summed E-state index contributed by atoms with van der Waals surface area (Å²) in [4.78, 5) is 31.5. The molecule has 1 aromatic heterocycles. The predicted molar refractivity (Wildman–Crippen MR) is 83.3 cm³/mol. The fourth-order valence-corrected chi connectivity index (χ4v) is 5.41. The maximum atomic E-state index is 12.6. The second kappa shape index (κ2) is 5.92. The number of pyridine rings is 1. The Balaban J connectivity index is 1.81. The van der Waals surface area contributed by atoms with Gasteiger partial charge in [0.05, 0.1) is 30.0 Å². The van der Waals surface area contributed by atoms with Crippen LogP contribution in [0.1, 0.15) is 12.5 Å². The third kappa shape index (κ3) is 3.21. The van der Waals surface area contributed by atoms with Crippen LogP contribution in [0.5, 0.6) is 0 Å². The normalized spacial score (nSPS) is 26.0. The Morgan fingerprint density at radius 3 is 2.48 bits per heavy atom. The van der Waals surface area contributed by atoms with Gasteiger partial charge in [-0.05, 0) is 11.6 Å². The number of rotatable bonds is 2. The summed E-state index contributed by atoms with van der Waals surface area (Å²) < 4.78 is 24.0. The molecule has 0 radical (unpaired) electrons. The number of aromatic nitrogens is 1. The van der Waals surface area contributed by atoms with Crippen molar-refractivity contribution in [3.05, 3.63) is 30.1 Å². The molecule has 23 heavy (non-hydrogen) atoms. The number of piperazine rings is 1. The largest absolute Gasteiger partial charge is 0.335 e. The van der Waals surface area contributed by atoms with E-state index < -0.39 is 21.9 Å². The summed E-state index contributed by atoms with van der Waals surface area (Å²) in [5.74, 6) is -0.390. The maximum Gasteiger partial charge on any atom is 0.227 e. The highest BCUT2D eigenvalue weighted by molar-refractivity contribution is 7.91. The number of sulfone groups is 1. The zero-order valence-electron chi connectivity index (χ0n) is 12.9. The van der Waals surface area contributed by atoms with Crippen LogP contribution in [-0.4, -0.2) is 71.7 Å². The molecule has 2 amide bonds. The second-order valence-electron chi connectivity index (χ2n) is 6.05. The van der Waals surface area contributed by atoms with Crippen LogP contribution in [0, 0.1) is 0 Å². The zero-order chi connectivity index (χ0) is 16.6. The van der Waals surface area contributed by atoms with E-state index >= 15 is 0 Å². The summed E-state index contributed by atoms with van der Waals surface area (Å²) >= 11 is 0. The molecule has 0 N–H and O–H groups in total. The first kappa shape index (κ1) is 15.9.